The molecule has 0 saturated heterocycles. The Balaban J connectivity index is 2.10. The van der Waals surface area contributed by atoms with Gasteiger partial charge in [-0.3, -0.25) is 4.79 Å². The molecule has 5 heteroatoms. The fourth-order valence-electron chi connectivity index (χ4n) is 1.76. The number of carbonyl (C=O) groups excluding carboxylic acids is 1. The molecule has 0 radical (unpaired) electrons. The van der Waals surface area contributed by atoms with Crippen LogP contribution in [-0.4, -0.2) is 22.8 Å². The Morgan fingerprint density at radius 1 is 1.38 bits per heavy atom. The number of aromatic nitrogens is 1. The van der Waals surface area contributed by atoms with E-state index in [9.17, 15) is 4.79 Å². The number of aliphatic hydroxyl groups excluding tert-OH is 1. The minimum Gasteiger partial charge on any atom is -0.395 e. The zero-order valence-corrected chi connectivity index (χ0v) is 11.9. The van der Waals surface area contributed by atoms with Gasteiger partial charge in [-0.15, -0.1) is 0 Å². The van der Waals surface area contributed by atoms with Crippen LogP contribution in [0.25, 0.3) is 0 Å². The van der Waals surface area contributed by atoms with Crippen LogP contribution in [0.3, 0.4) is 0 Å². The molecule has 2 rings (SSSR count). The molecule has 0 spiro atoms. The van der Waals surface area contributed by atoms with Crippen LogP contribution in [0.5, 0.6) is 0 Å². The van der Waals surface area contributed by atoms with Crippen molar-refractivity contribution in [2.45, 2.75) is 20.3 Å². The van der Waals surface area contributed by atoms with Crippen molar-refractivity contribution in [3.05, 3.63) is 46.8 Å². The van der Waals surface area contributed by atoms with Gasteiger partial charge in [-0.1, -0.05) is 17.0 Å². The summed E-state index contributed by atoms with van der Waals surface area (Å²) in [7, 11) is 0. The van der Waals surface area contributed by atoms with E-state index in [1.54, 1.807) is 19.1 Å². The summed E-state index contributed by atoms with van der Waals surface area (Å²) in [6, 6.07) is 7.03. The molecule has 2 aromatic rings. The lowest BCUT2D eigenvalue weighted by atomic mass is 10.1. The molecule has 1 aromatic carbocycles. The third kappa shape index (κ3) is 3.94. The van der Waals surface area contributed by atoms with E-state index in [4.69, 9.17) is 9.63 Å². The molecule has 1 aromatic heterocycles. The molecule has 0 aliphatic carbocycles. The first-order valence-electron chi connectivity index (χ1n) is 6.55. The highest BCUT2D eigenvalue weighted by Crippen LogP contribution is 2.16. The normalized spacial score (nSPS) is 9.86. The van der Waals surface area contributed by atoms with Gasteiger partial charge in [0.25, 0.3) is 5.91 Å². The van der Waals surface area contributed by atoms with Gasteiger partial charge in [-0.25, -0.2) is 0 Å². The van der Waals surface area contributed by atoms with E-state index in [1.807, 2.05) is 19.1 Å². The number of carbonyl (C=O) groups is 1. The third-order valence-electron chi connectivity index (χ3n) is 2.80. The van der Waals surface area contributed by atoms with Gasteiger partial charge in [0.05, 0.1) is 12.3 Å². The summed E-state index contributed by atoms with van der Waals surface area (Å²) in [6.07, 6.45) is 0.447. The molecule has 0 fully saturated rings. The molecule has 0 unspecified atom stereocenters. The Labute approximate surface area is 123 Å². The van der Waals surface area contributed by atoms with Gasteiger partial charge in [0.1, 0.15) is 0 Å². The molecule has 1 amide bonds. The Hall–Kier alpha value is -2.58. The second-order valence-corrected chi connectivity index (χ2v) is 4.59. The molecule has 0 bridgehead atoms. The molecule has 0 saturated carbocycles. The van der Waals surface area contributed by atoms with E-state index in [2.05, 4.69) is 22.3 Å². The van der Waals surface area contributed by atoms with Crippen molar-refractivity contribution < 1.29 is 14.4 Å². The van der Waals surface area contributed by atoms with E-state index < -0.39 is 0 Å². The first-order valence-corrected chi connectivity index (χ1v) is 6.55. The highest BCUT2D eigenvalue weighted by Gasteiger charge is 2.11. The zero-order chi connectivity index (χ0) is 15.2. The molecule has 21 heavy (non-hydrogen) atoms. The maximum atomic E-state index is 11.9. The zero-order valence-electron chi connectivity index (χ0n) is 11.9. The fourth-order valence-corrected chi connectivity index (χ4v) is 1.76. The molecule has 0 aliphatic heterocycles. The van der Waals surface area contributed by atoms with Crippen molar-refractivity contribution in [1.29, 1.82) is 0 Å². The van der Waals surface area contributed by atoms with Gasteiger partial charge in [-0.05, 0) is 37.6 Å². The molecule has 5 nitrogen and oxygen atoms in total. The number of hydrogen-bond donors (Lipinski definition) is 2. The summed E-state index contributed by atoms with van der Waals surface area (Å²) < 4.78 is 4.91. The number of aryl methyl sites for hydroxylation is 2. The van der Waals surface area contributed by atoms with Gasteiger partial charge in [0.15, 0.2) is 0 Å². The topological polar surface area (TPSA) is 75.4 Å². The lowest BCUT2D eigenvalue weighted by Crippen LogP contribution is -2.11. The Bertz CT molecular complexity index is 708. The molecule has 2 N–H and O–H groups in total. The van der Waals surface area contributed by atoms with Gasteiger partial charge < -0.3 is 14.9 Å². The number of benzene rings is 1. The van der Waals surface area contributed by atoms with Crippen LogP contribution in [-0.2, 0) is 0 Å². The number of anilines is 1. The molecule has 0 aliphatic rings. The summed E-state index contributed by atoms with van der Waals surface area (Å²) >= 11 is 0. The standard InChI is InChI=1S/C16H16N2O3/c1-11-9-14(7-6-13(11)5-3-4-8-19)17-16(20)15-10-12(2)18-21-15/h6-7,9-10,19H,4,8H2,1-2H3,(H,17,20). The maximum Gasteiger partial charge on any atom is 0.294 e. The smallest absolute Gasteiger partial charge is 0.294 e. The number of nitrogens with zero attached hydrogens (tertiary/aromatic N) is 1. The van der Waals surface area contributed by atoms with Crippen molar-refractivity contribution in [1.82, 2.24) is 5.16 Å². The number of amides is 1. The molecular formula is C16H16N2O3. The van der Waals surface area contributed by atoms with Crippen molar-refractivity contribution in [3.63, 3.8) is 0 Å². The molecule has 108 valence electrons. The fraction of sp³-hybridized carbons (Fsp3) is 0.250. The average Bonchev–Trinajstić information content (AvgIpc) is 2.88. The van der Waals surface area contributed by atoms with Gasteiger partial charge in [0, 0.05) is 23.7 Å². The van der Waals surface area contributed by atoms with Crippen LogP contribution in [0.4, 0.5) is 5.69 Å². The van der Waals surface area contributed by atoms with Crippen molar-refractivity contribution in [2.24, 2.45) is 0 Å². The minimum absolute atomic E-state index is 0.0524. The van der Waals surface area contributed by atoms with Gasteiger partial charge >= 0.3 is 0 Å². The van der Waals surface area contributed by atoms with Crippen molar-refractivity contribution in [2.75, 3.05) is 11.9 Å². The van der Waals surface area contributed by atoms with E-state index in [0.29, 0.717) is 17.8 Å². The second-order valence-electron chi connectivity index (χ2n) is 4.59. The summed E-state index contributed by atoms with van der Waals surface area (Å²) in [6.45, 7) is 3.72. The largest absolute Gasteiger partial charge is 0.395 e. The van der Waals surface area contributed by atoms with Gasteiger partial charge in [0.2, 0.25) is 5.76 Å². The number of nitrogens with one attached hydrogen (secondary N) is 1. The predicted molar refractivity (Wildman–Crippen MR) is 79.0 cm³/mol. The third-order valence-corrected chi connectivity index (χ3v) is 2.80. The van der Waals surface area contributed by atoms with Crippen LogP contribution in [0, 0.1) is 25.7 Å². The second kappa shape index (κ2) is 6.73. The van der Waals surface area contributed by atoms with Crippen LogP contribution in [0.1, 0.15) is 33.8 Å². The summed E-state index contributed by atoms with van der Waals surface area (Å²) in [5.41, 5.74) is 3.15. The Morgan fingerprint density at radius 3 is 2.81 bits per heavy atom. The predicted octanol–water partition coefficient (Wildman–Crippen LogP) is 2.28. The highest BCUT2D eigenvalue weighted by atomic mass is 16.5. The van der Waals surface area contributed by atoms with E-state index in [0.717, 1.165) is 11.1 Å². The van der Waals surface area contributed by atoms with Crippen LogP contribution in [0.15, 0.2) is 28.8 Å². The Kier molecular flexibility index (Phi) is 4.75. The molecular weight excluding hydrogens is 268 g/mol. The van der Waals surface area contributed by atoms with Gasteiger partial charge in [-0.2, -0.15) is 0 Å². The van der Waals surface area contributed by atoms with Crippen LogP contribution in [0.2, 0.25) is 0 Å². The van der Waals surface area contributed by atoms with Crippen molar-refractivity contribution >= 4 is 11.6 Å². The lowest BCUT2D eigenvalue weighted by Gasteiger charge is -2.05. The van der Waals surface area contributed by atoms with E-state index >= 15 is 0 Å². The summed E-state index contributed by atoms with van der Waals surface area (Å²) in [5.74, 6) is 5.69. The minimum atomic E-state index is -0.339. The van der Waals surface area contributed by atoms with Crippen LogP contribution >= 0.6 is 0 Å². The monoisotopic (exact) mass is 284 g/mol. The summed E-state index contributed by atoms with van der Waals surface area (Å²) in [4.78, 5) is 11.9. The SMILES string of the molecule is Cc1cc(C(=O)Nc2ccc(C#CCCO)c(C)c2)on1. The quantitative estimate of drug-likeness (QED) is 0.848. The summed E-state index contributed by atoms with van der Waals surface area (Å²) in [5, 5.41) is 15.1. The maximum absolute atomic E-state index is 11.9. The van der Waals surface area contributed by atoms with E-state index in [-0.39, 0.29) is 18.3 Å². The van der Waals surface area contributed by atoms with Crippen LogP contribution < -0.4 is 5.32 Å². The van der Waals surface area contributed by atoms with Crippen molar-refractivity contribution in [3.8, 4) is 11.8 Å². The highest BCUT2D eigenvalue weighted by molar-refractivity contribution is 6.02. The molecule has 1 heterocycles. The molecule has 0 atom stereocenters. The number of aliphatic hydroxyl groups is 1. The average molecular weight is 284 g/mol. The lowest BCUT2D eigenvalue weighted by molar-refractivity contribution is 0.0988. The van der Waals surface area contributed by atoms with E-state index in [1.165, 1.54) is 0 Å². The first-order chi connectivity index (χ1) is 10.1. The Morgan fingerprint density at radius 2 is 2.19 bits per heavy atom. The first kappa shape index (κ1) is 14.8. The number of hydrogen-bond acceptors (Lipinski definition) is 4. The number of rotatable bonds is 3.